The average Bonchev–Trinajstić information content (AvgIpc) is 3.78. The van der Waals surface area contributed by atoms with Crippen molar-refractivity contribution in [3.63, 3.8) is 0 Å². The molecule has 274 valence electrons. The summed E-state index contributed by atoms with van der Waals surface area (Å²) < 4.78 is 5.72. The quantitative estimate of drug-likeness (QED) is 0.222. The number of ether oxygens (including phenoxy) is 1. The minimum absolute atomic E-state index is 0.158. The van der Waals surface area contributed by atoms with Crippen LogP contribution in [-0.2, 0) is 19.1 Å². The molecule has 3 atom stereocenters. The van der Waals surface area contributed by atoms with Crippen molar-refractivity contribution in [2.75, 3.05) is 57.4 Å². The van der Waals surface area contributed by atoms with Gasteiger partial charge in [0.15, 0.2) is 0 Å². The number of thiazole rings is 1. The van der Waals surface area contributed by atoms with Crippen molar-refractivity contribution in [1.82, 2.24) is 30.4 Å². The highest BCUT2D eigenvalue weighted by molar-refractivity contribution is 7.13. The molecule has 1 aromatic carbocycles. The van der Waals surface area contributed by atoms with E-state index in [1.54, 1.807) is 28.4 Å². The molecule has 4 heterocycles. The summed E-state index contributed by atoms with van der Waals surface area (Å²) >= 11 is 1.60. The number of rotatable bonds is 13. The van der Waals surface area contributed by atoms with Crippen LogP contribution in [0.2, 0.25) is 0 Å². The molecule has 51 heavy (non-hydrogen) atoms. The topological polar surface area (TPSA) is 157 Å². The van der Waals surface area contributed by atoms with Gasteiger partial charge < -0.3 is 30.3 Å². The molecule has 14 heteroatoms. The summed E-state index contributed by atoms with van der Waals surface area (Å²) in [5.41, 5.74) is 4.44. The predicted octanol–water partition coefficient (Wildman–Crippen LogP) is 3.75. The molecular weight excluding hydrogens is 671 g/mol. The standard InChI is InChI=1S/C37H49N7O6S/c1-24(26-8-10-27(11-9-26)32-25(2)39-23-51-32)40-34(46)29-7-6-14-44(29)35(47)33(37(3,4)5)41-31(45)22-50-20-19-42-15-17-43(18-16-42)30-13-12-28(21-38-30)36(48)49/h8-13,21,23-24,29,33H,6-7,14-20,22H2,1-5H3,(H,40,46)(H,41,45)(H,48,49)/t24-,29-,33?/m0/s1. The van der Waals surface area contributed by atoms with E-state index in [2.05, 4.69) is 30.4 Å². The van der Waals surface area contributed by atoms with Crippen LogP contribution in [0.5, 0.6) is 0 Å². The molecule has 2 aliphatic heterocycles. The number of hydrogen-bond acceptors (Lipinski definition) is 10. The van der Waals surface area contributed by atoms with Crippen LogP contribution in [0.25, 0.3) is 10.4 Å². The van der Waals surface area contributed by atoms with Gasteiger partial charge in [-0.2, -0.15) is 0 Å². The number of carbonyl (C=O) groups excluding carboxylic acids is 3. The highest BCUT2D eigenvalue weighted by Gasteiger charge is 2.42. The Kier molecular flexibility index (Phi) is 12.4. The second-order valence-electron chi connectivity index (χ2n) is 14.3. The first-order valence-corrected chi connectivity index (χ1v) is 18.3. The Balaban J connectivity index is 1.07. The Bertz CT molecular complexity index is 1670. The van der Waals surface area contributed by atoms with Gasteiger partial charge in [0.05, 0.1) is 34.3 Å². The van der Waals surface area contributed by atoms with E-state index in [-0.39, 0.29) is 35.9 Å². The fraction of sp³-hybridized carbons (Fsp3) is 0.514. The molecule has 3 amide bonds. The van der Waals surface area contributed by atoms with Gasteiger partial charge in [0, 0.05) is 45.5 Å². The third-order valence-electron chi connectivity index (χ3n) is 9.51. The lowest BCUT2D eigenvalue weighted by molar-refractivity contribution is -0.144. The molecule has 0 spiro atoms. The molecular formula is C37H49N7O6S. The largest absolute Gasteiger partial charge is 0.478 e. The zero-order chi connectivity index (χ0) is 36.7. The molecule has 2 aromatic heterocycles. The lowest BCUT2D eigenvalue weighted by atomic mass is 9.85. The van der Waals surface area contributed by atoms with Crippen molar-refractivity contribution >= 4 is 40.8 Å². The van der Waals surface area contributed by atoms with Gasteiger partial charge in [0.25, 0.3) is 0 Å². The maximum Gasteiger partial charge on any atom is 0.337 e. The Hall–Kier alpha value is -4.40. The van der Waals surface area contributed by atoms with Crippen molar-refractivity contribution in [3.05, 3.63) is 64.9 Å². The number of pyridine rings is 1. The molecule has 3 aromatic rings. The minimum Gasteiger partial charge on any atom is -0.478 e. The summed E-state index contributed by atoms with van der Waals surface area (Å²) in [5, 5.41) is 15.1. The summed E-state index contributed by atoms with van der Waals surface area (Å²) in [7, 11) is 0. The van der Waals surface area contributed by atoms with Crippen molar-refractivity contribution in [2.45, 2.75) is 65.6 Å². The van der Waals surface area contributed by atoms with Crippen LogP contribution < -0.4 is 15.5 Å². The van der Waals surface area contributed by atoms with E-state index in [9.17, 15) is 19.2 Å². The minimum atomic E-state index is -1.00. The first-order valence-electron chi connectivity index (χ1n) is 17.5. The van der Waals surface area contributed by atoms with Gasteiger partial charge in [-0.05, 0) is 55.4 Å². The summed E-state index contributed by atoms with van der Waals surface area (Å²) in [6.07, 6.45) is 2.63. The predicted molar refractivity (Wildman–Crippen MR) is 196 cm³/mol. The molecule has 1 unspecified atom stereocenters. The SMILES string of the molecule is Cc1ncsc1-c1ccc([C@H](C)NC(=O)[C@@H]2CCCN2C(=O)C(NC(=O)COCCN2CCN(c3ccc(C(=O)O)cn3)CC2)C(C)(C)C)cc1. The van der Waals surface area contributed by atoms with Gasteiger partial charge in [-0.25, -0.2) is 14.8 Å². The van der Waals surface area contributed by atoms with Gasteiger partial charge >= 0.3 is 5.97 Å². The van der Waals surface area contributed by atoms with Crippen LogP contribution in [0.1, 0.15) is 68.2 Å². The molecule has 5 rings (SSSR count). The van der Waals surface area contributed by atoms with Crippen LogP contribution in [0.3, 0.4) is 0 Å². The third-order valence-corrected chi connectivity index (χ3v) is 10.5. The lowest BCUT2D eigenvalue weighted by Gasteiger charge is -2.36. The maximum atomic E-state index is 13.9. The van der Waals surface area contributed by atoms with Gasteiger partial charge in [0.1, 0.15) is 24.5 Å². The van der Waals surface area contributed by atoms with Crippen LogP contribution in [-0.4, -0.2) is 113 Å². The van der Waals surface area contributed by atoms with Crippen LogP contribution in [0.4, 0.5) is 5.82 Å². The molecule has 0 aliphatic carbocycles. The van der Waals surface area contributed by atoms with E-state index < -0.39 is 23.5 Å². The van der Waals surface area contributed by atoms with Gasteiger partial charge in [0.2, 0.25) is 17.7 Å². The second-order valence-corrected chi connectivity index (χ2v) is 15.1. The molecule has 2 aliphatic rings. The normalized spacial score (nSPS) is 17.9. The molecule has 2 fully saturated rings. The van der Waals surface area contributed by atoms with E-state index in [0.29, 0.717) is 32.5 Å². The van der Waals surface area contributed by atoms with E-state index in [0.717, 1.165) is 53.7 Å². The van der Waals surface area contributed by atoms with E-state index in [1.165, 1.54) is 6.20 Å². The Morgan fingerprint density at radius 2 is 1.73 bits per heavy atom. The monoisotopic (exact) mass is 719 g/mol. The van der Waals surface area contributed by atoms with Crippen molar-refractivity contribution in [3.8, 4) is 10.4 Å². The second kappa shape index (κ2) is 16.7. The average molecular weight is 720 g/mol. The van der Waals surface area contributed by atoms with Gasteiger partial charge in [-0.15, -0.1) is 11.3 Å². The Morgan fingerprint density at radius 1 is 1.00 bits per heavy atom. The lowest BCUT2D eigenvalue weighted by Crippen LogP contribution is -2.58. The number of anilines is 1. The number of aryl methyl sites for hydroxylation is 1. The van der Waals surface area contributed by atoms with Crippen LogP contribution in [0, 0.1) is 12.3 Å². The Labute approximate surface area is 303 Å². The fourth-order valence-corrected chi connectivity index (χ4v) is 7.29. The highest BCUT2D eigenvalue weighted by atomic mass is 32.1. The highest BCUT2D eigenvalue weighted by Crippen LogP contribution is 2.29. The van der Waals surface area contributed by atoms with E-state index in [4.69, 9.17) is 9.84 Å². The smallest absolute Gasteiger partial charge is 0.337 e. The molecule has 0 bridgehead atoms. The van der Waals surface area contributed by atoms with Crippen LogP contribution >= 0.6 is 11.3 Å². The number of hydrogen-bond donors (Lipinski definition) is 3. The van der Waals surface area contributed by atoms with Gasteiger partial charge in [-0.1, -0.05) is 45.0 Å². The van der Waals surface area contributed by atoms with Crippen molar-refractivity contribution in [2.24, 2.45) is 5.41 Å². The third kappa shape index (κ3) is 9.69. The number of carboxylic acids is 1. The zero-order valence-electron chi connectivity index (χ0n) is 30.1. The number of amides is 3. The van der Waals surface area contributed by atoms with E-state index >= 15 is 0 Å². The maximum absolute atomic E-state index is 13.9. The summed E-state index contributed by atoms with van der Waals surface area (Å²) in [6, 6.07) is 9.69. The number of aromatic carboxylic acids is 1. The number of piperazine rings is 1. The first-order chi connectivity index (χ1) is 24.3. The zero-order valence-corrected chi connectivity index (χ0v) is 30.9. The summed E-state index contributed by atoms with van der Waals surface area (Å²) in [5.74, 6) is -1.11. The van der Waals surface area contributed by atoms with Crippen LogP contribution in [0.15, 0.2) is 48.1 Å². The van der Waals surface area contributed by atoms with Crippen molar-refractivity contribution in [1.29, 1.82) is 0 Å². The number of carboxylic acid groups (broad SMARTS) is 1. The number of aromatic nitrogens is 2. The summed E-state index contributed by atoms with van der Waals surface area (Å²) in [4.78, 5) is 67.3. The van der Waals surface area contributed by atoms with Crippen molar-refractivity contribution < 1.29 is 29.0 Å². The molecule has 3 N–H and O–H groups in total. The number of carbonyl (C=O) groups is 4. The number of benzene rings is 1. The fourth-order valence-electron chi connectivity index (χ4n) is 6.47. The first kappa shape index (κ1) is 37.8. The number of likely N-dealkylation sites (tertiary alicyclic amines) is 1. The molecule has 2 saturated heterocycles. The Morgan fingerprint density at radius 3 is 2.33 bits per heavy atom. The molecule has 13 nitrogen and oxygen atoms in total. The van der Waals surface area contributed by atoms with E-state index in [1.807, 2.05) is 64.4 Å². The number of nitrogens with zero attached hydrogens (tertiary/aromatic N) is 5. The molecule has 0 saturated carbocycles. The van der Waals surface area contributed by atoms with Gasteiger partial charge in [-0.3, -0.25) is 19.3 Å². The molecule has 0 radical (unpaired) electrons. The number of nitrogens with one attached hydrogen (secondary N) is 2. The summed E-state index contributed by atoms with van der Waals surface area (Å²) in [6.45, 7) is 13.9.